The van der Waals surface area contributed by atoms with Crippen molar-refractivity contribution in [3.8, 4) is 0 Å². The second-order valence-electron chi connectivity index (χ2n) is 3.70. The molecule has 0 saturated carbocycles. The van der Waals surface area contributed by atoms with Crippen LogP contribution >= 0.6 is 0 Å². The molecule has 0 aliphatic rings. The van der Waals surface area contributed by atoms with E-state index in [1.165, 1.54) is 5.56 Å². The molecule has 1 heterocycles. The van der Waals surface area contributed by atoms with E-state index in [2.05, 4.69) is 44.6 Å². The van der Waals surface area contributed by atoms with E-state index in [0.29, 0.717) is 5.92 Å². The molecule has 0 atom stereocenters. The summed E-state index contributed by atoms with van der Waals surface area (Å²) in [4.78, 5) is 4.49. The van der Waals surface area contributed by atoms with Gasteiger partial charge in [-0.1, -0.05) is 39.7 Å². The minimum atomic E-state index is 0.433. The second-order valence-corrected chi connectivity index (χ2v) is 3.70. The van der Waals surface area contributed by atoms with Crippen molar-refractivity contribution in [3.63, 3.8) is 0 Å². The third kappa shape index (κ3) is 2.24. The molecule has 1 aromatic rings. The predicted octanol–water partition coefficient (Wildman–Crippen LogP) is 4.13. The molecular formula is C14H17N. The quantitative estimate of drug-likeness (QED) is 0.710. The predicted molar refractivity (Wildman–Crippen MR) is 68.6 cm³/mol. The van der Waals surface area contributed by atoms with Crippen LogP contribution in [0.25, 0.3) is 18.2 Å². The van der Waals surface area contributed by atoms with Crippen molar-refractivity contribution in [2.75, 3.05) is 0 Å². The zero-order valence-corrected chi connectivity index (χ0v) is 9.46. The molecule has 78 valence electrons. The number of nitrogens with zero attached hydrogens (tertiary/aromatic N) is 1. The molecule has 0 aromatic carbocycles. The molecule has 0 unspecified atom stereocenters. The lowest BCUT2D eigenvalue weighted by Gasteiger charge is -2.12. The van der Waals surface area contributed by atoms with Crippen LogP contribution in [0.3, 0.4) is 0 Å². The van der Waals surface area contributed by atoms with Crippen LogP contribution in [-0.4, -0.2) is 4.98 Å². The molecule has 0 spiro atoms. The zero-order chi connectivity index (χ0) is 11.4. The molecule has 0 aliphatic heterocycles. The monoisotopic (exact) mass is 199 g/mol. The standard InChI is InChI=1S/C14H17N/c1-6-11-9-12(10(4)5)14(8-3)15-13(11)7-2/h6-10H,1-3H2,4-5H3. The number of hydrogen-bond acceptors (Lipinski definition) is 1. The van der Waals surface area contributed by atoms with Crippen molar-refractivity contribution in [1.29, 1.82) is 0 Å². The molecule has 0 N–H and O–H groups in total. The highest BCUT2D eigenvalue weighted by atomic mass is 14.7. The van der Waals surface area contributed by atoms with Crippen LogP contribution in [0.5, 0.6) is 0 Å². The van der Waals surface area contributed by atoms with E-state index >= 15 is 0 Å². The first-order chi connectivity index (χ1) is 7.13. The van der Waals surface area contributed by atoms with Crippen LogP contribution in [0.15, 0.2) is 25.8 Å². The summed E-state index contributed by atoms with van der Waals surface area (Å²) >= 11 is 0. The molecule has 1 heteroatoms. The van der Waals surface area contributed by atoms with Gasteiger partial charge in [0.2, 0.25) is 0 Å². The summed E-state index contributed by atoms with van der Waals surface area (Å²) in [6, 6.07) is 2.11. The number of rotatable bonds is 4. The van der Waals surface area contributed by atoms with E-state index in [0.717, 1.165) is 17.0 Å². The van der Waals surface area contributed by atoms with Crippen molar-refractivity contribution in [2.24, 2.45) is 0 Å². The molecule has 1 nitrogen and oxygen atoms in total. The average Bonchev–Trinajstić information content (AvgIpc) is 2.26. The van der Waals surface area contributed by atoms with Gasteiger partial charge in [0.25, 0.3) is 0 Å². The van der Waals surface area contributed by atoms with Crippen LogP contribution in [-0.2, 0) is 0 Å². The normalized spacial score (nSPS) is 10.1. The average molecular weight is 199 g/mol. The van der Waals surface area contributed by atoms with Gasteiger partial charge in [0.05, 0.1) is 11.4 Å². The Balaban J connectivity index is 3.46. The Bertz CT molecular complexity index is 400. The Morgan fingerprint density at radius 3 is 2.07 bits per heavy atom. The van der Waals surface area contributed by atoms with Crippen molar-refractivity contribution in [2.45, 2.75) is 19.8 Å². The van der Waals surface area contributed by atoms with Gasteiger partial charge in [-0.2, -0.15) is 0 Å². The lowest BCUT2D eigenvalue weighted by molar-refractivity contribution is 0.852. The maximum absolute atomic E-state index is 4.49. The molecule has 0 radical (unpaired) electrons. The van der Waals surface area contributed by atoms with Gasteiger partial charge in [-0.25, -0.2) is 4.98 Å². The van der Waals surface area contributed by atoms with Gasteiger partial charge in [0.1, 0.15) is 0 Å². The van der Waals surface area contributed by atoms with Gasteiger partial charge in [-0.05, 0) is 35.3 Å². The summed E-state index contributed by atoms with van der Waals surface area (Å²) in [7, 11) is 0. The van der Waals surface area contributed by atoms with Gasteiger partial charge < -0.3 is 0 Å². The van der Waals surface area contributed by atoms with Gasteiger partial charge in [-0.3, -0.25) is 0 Å². The Morgan fingerprint density at radius 2 is 1.67 bits per heavy atom. The third-order valence-corrected chi connectivity index (χ3v) is 2.37. The Labute approximate surface area is 91.9 Å². The molecule has 0 saturated heterocycles. The Hall–Kier alpha value is -1.63. The van der Waals surface area contributed by atoms with E-state index in [9.17, 15) is 0 Å². The molecule has 0 amide bonds. The first kappa shape index (κ1) is 11.4. The van der Waals surface area contributed by atoms with E-state index in [-0.39, 0.29) is 0 Å². The van der Waals surface area contributed by atoms with Gasteiger partial charge in [0.15, 0.2) is 0 Å². The SMILES string of the molecule is C=Cc1cc(C(C)C)c(C=C)nc1C=C. The van der Waals surface area contributed by atoms with Crippen LogP contribution in [0.1, 0.15) is 42.3 Å². The van der Waals surface area contributed by atoms with E-state index < -0.39 is 0 Å². The summed E-state index contributed by atoms with van der Waals surface area (Å²) in [5, 5.41) is 0. The molecule has 1 aromatic heterocycles. The van der Waals surface area contributed by atoms with Crippen molar-refractivity contribution in [3.05, 3.63) is 48.3 Å². The highest BCUT2D eigenvalue weighted by Crippen LogP contribution is 2.23. The maximum atomic E-state index is 4.49. The lowest BCUT2D eigenvalue weighted by atomic mass is 9.98. The van der Waals surface area contributed by atoms with E-state index in [4.69, 9.17) is 0 Å². The largest absolute Gasteiger partial charge is 0.248 e. The number of hydrogen-bond donors (Lipinski definition) is 0. The smallest absolute Gasteiger partial charge is 0.0703 e. The van der Waals surface area contributed by atoms with Crippen LogP contribution in [0.2, 0.25) is 0 Å². The molecular weight excluding hydrogens is 182 g/mol. The third-order valence-electron chi connectivity index (χ3n) is 2.37. The molecule has 0 bridgehead atoms. The maximum Gasteiger partial charge on any atom is 0.0703 e. The summed E-state index contributed by atoms with van der Waals surface area (Å²) in [5.41, 5.74) is 4.03. The first-order valence-electron chi connectivity index (χ1n) is 5.06. The molecule has 0 fully saturated rings. The highest BCUT2D eigenvalue weighted by molar-refractivity contribution is 5.64. The summed E-state index contributed by atoms with van der Waals surface area (Å²) in [6.45, 7) is 15.6. The minimum absolute atomic E-state index is 0.433. The van der Waals surface area contributed by atoms with Crippen molar-refractivity contribution >= 4 is 18.2 Å². The fourth-order valence-electron chi connectivity index (χ4n) is 1.53. The molecule has 15 heavy (non-hydrogen) atoms. The highest BCUT2D eigenvalue weighted by Gasteiger charge is 2.08. The summed E-state index contributed by atoms with van der Waals surface area (Å²) in [5.74, 6) is 0.433. The Morgan fingerprint density at radius 1 is 1.07 bits per heavy atom. The van der Waals surface area contributed by atoms with E-state index in [1.54, 1.807) is 12.2 Å². The summed E-state index contributed by atoms with van der Waals surface area (Å²) in [6.07, 6.45) is 5.34. The molecule has 0 aliphatic carbocycles. The van der Waals surface area contributed by atoms with E-state index in [1.807, 2.05) is 6.08 Å². The fourth-order valence-corrected chi connectivity index (χ4v) is 1.53. The van der Waals surface area contributed by atoms with Gasteiger partial charge >= 0.3 is 0 Å². The second kappa shape index (κ2) is 4.74. The number of aromatic nitrogens is 1. The Kier molecular flexibility index (Phi) is 3.62. The fraction of sp³-hybridized carbons (Fsp3) is 0.214. The van der Waals surface area contributed by atoms with Crippen molar-refractivity contribution in [1.82, 2.24) is 4.98 Å². The van der Waals surface area contributed by atoms with Crippen LogP contribution in [0, 0.1) is 0 Å². The topological polar surface area (TPSA) is 12.9 Å². The molecule has 1 rings (SSSR count). The van der Waals surface area contributed by atoms with Gasteiger partial charge in [0, 0.05) is 0 Å². The first-order valence-corrected chi connectivity index (χ1v) is 5.06. The number of pyridine rings is 1. The summed E-state index contributed by atoms with van der Waals surface area (Å²) < 4.78 is 0. The minimum Gasteiger partial charge on any atom is -0.248 e. The van der Waals surface area contributed by atoms with Crippen LogP contribution in [0.4, 0.5) is 0 Å². The van der Waals surface area contributed by atoms with Crippen LogP contribution < -0.4 is 0 Å². The van der Waals surface area contributed by atoms with Gasteiger partial charge in [-0.15, -0.1) is 0 Å². The zero-order valence-electron chi connectivity index (χ0n) is 9.46. The lowest BCUT2D eigenvalue weighted by Crippen LogP contribution is -1.99. The van der Waals surface area contributed by atoms with Crippen molar-refractivity contribution < 1.29 is 0 Å².